The third-order valence-electron chi connectivity index (χ3n) is 5.90. The van der Waals surface area contributed by atoms with Crippen LogP contribution in [0.2, 0.25) is 0 Å². The number of fused-ring (bicyclic) bond motifs is 1. The summed E-state index contributed by atoms with van der Waals surface area (Å²) in [7, 11) is 5.76. The second-order valence-electron chi connectivity index (χ2n) is 8.16. The van der Waals surface area contributed by atoms with Gasteiger partial charge in [0.15, 0.2) is 27.8 Å². The molecule has 1 atom stereocenters. The minimum absolute atomic E-state index is 0.202. The number of benzene rings is 2. The normalized spacial score (nSPS) is 14.9. The van der Waals surface area contributed by atoms with E-state index in [1.807, 2.05) is 0 Å². The van der Waals surface area contributed by atoms with Crippen molar-refractivity contribution < 1.29 is 33.3 Å². The van der Waals surface area contributed by atoms with Gasteiger partial charge in [0.2, 0.25) is 0 Å². The van der Waals surface area contributed by atoms with Crippen LogP contribution in [0.3, 0.4) is 0 Å². The highest BCUT2D eigenvalue weighted by atomic mass is 32.1. The number of methoxy groups -OCH3 is 4. The number of para-hydroxylation sites is 1. The molecular weight excluding hydrogens is 512 g/mol. The number of aromatic nitrogens is 1. The molecule has 2 aromatic carbocycles. The van der Waals surface area contributed by atoms with Gasteiger partial charge in [0.25, 0.3) is 5.56 Å². The number of hydrogen-bond acceptors (Lipinski definition) is 10. The van der Waals surface area contributed by atoms with Crippen LogP contribution in [-0.2, 0) is 14.3 Å². The molecule has 1 unspecified atom stereocenters. The molecule has 0 saturated carbocycles. The lowest BCUT2D eigenvalue weighted by Crippen LogP contribution is -2.39. The Balaban J connectivity index is 1.97. The van der Waals surface area contributed by atoms with Gasteiger partial charge in [-0.25, -0.2) is 9.79 Å². The van der Waals surface area contributed by atoms with Crippen molar-refractivity contribution in [3.8, 4) is 23.0 Å². The first kappa shape index (κ1) is 26.7. The maximum absolute atomic E-state index is 13.8. The fourth-order valence-electron chi connectivity index (χ4n) is 4.27. The van der Waals surface area contributed by atoms with Crippen LogP contribution in [0.1, 0.15) is 31.0 Å². The molecule has 198 valence electrons. The Labute approximate surface area is 222 Å². The van der Waals surface area contributed by atoms with E-state index in [1.165, 1.54) is 51.3 Å². The van der Waals surface area contributed by atoms with Gasteiger partial charge in [-0.2, -0.15) is 0 Å². The zero-order valence-electron chi connectivity index (χ0n) is 21.7. The number of allylic oxidation sites excluding steroid dienone is 1. The Hall–Kier alpha value is -4.38. The fraction of sp³-hybridized carbons (Fsp3) is 0.259. The van der Waals surface area contributed by atoms with Gasteiger partial charge >= 0.3 is 11.9 Å². The highest BCUT2D eigenvalue weighted by Crippen LogP contribution is 2.36. The molecule has 1 aliphatic rings. The average molecular weight is 539 g/mol. The van der Waals surface area contributed by atoms with Crippen molar-refractivity contribution in [1.29, 1.82) is 0 Å². The molecule has 0 N–H and O–H groups in total. The van der Waals surface area contributed by atoms with Crippen LogP contribution in [0.25, 0.3) is 6.08 Å². The number of nitrogens with zero attached hydrogens (tertiary/aromatic N) is 2. The second-order valence-corrected chi connectivity index (χ2v) is 9.17. The maximum Gasteiger partial charge on any atom is 0.338 e. The zero-order valence-corrected chi connectivity index (χ0v) is 22.5. The highest BCUT2D eigenvalue weighted by molar-refractivity contribution is 7.07. The monoisotopic (exact) mass is 538 g/mol. The number of carbonyl (C=O) groups excluding carboxylic acids is 2. The molecule has 0 radical (unpaired) electrons. The van der Waals surface area contributed by atoms with Crippen LogP contribution in [0.15, 0.2) is 57.5 Å². The van der Waals surface area contributed by atoms with Crippen molar-refractivity contribution in [3.05, 3.63) is 78.5 Å². The number of hydrogen-bond donors (Lipinski definition) is 0. The zero-order chi connectivity index (χ0) is 27.6. The molecule has 3 aromatic rings. The van der Waals surface area contributed by atoms with Crippen molar-refractivity contribution in [1.82, 2.24) is 4.57 Å². The fourth-order valence-corrected chi connectivity index (χ4v) is 5.31. The van der Waals surface area contributed by atoms with E-state index < -0.39 is 18.0 Å². The second kappa shape index (κ2) is 10.9. The third-order valence-corrected chi connectivity index (χ3v) is 6.89. The average Bonchev–Trinajstić information content (AvgIpc) is 3.21. The van der Waals surface area contributed by atoms with Crippen LogP contribution in [-0.4, -0.2) is 44.9 Å². The molecule has 0 saturated heterocycles. The van der Waals surface area contributed by atoms with Gasteiger partial charge in [0, 0.05) is 12.5 Å². The molecule has 2 heterocycles. The number of thiazole rings is 1. The Morgan fingerprint density at radius 3 is 2.37 bits per heavy atom. The number of carbonyl (C=O) groups is 2. The van der Waals surface area contributed by atoms with E-state index in [0.717, 1.165) is 0 Å². The van der Waals surface area contributed by atoms with Crippen molar-refractivity contribution in [2.75, 3.05) is 28.4 Å². The predicted molar refractivity (Wildman–Crippen MR) is 140 cm³/mol. The summed E-state index contributed by atoms with van der Waals surface area (Å²) in [6, 6.07) is 9.33. The van der Waals surface area contributed by atoms with Gasteiger partial charge in [-0.05, 0) is 36.8 Å². The van der Waals surface area contributed by atoms with Gasteiger partial charge in [0.05, 0.1) is 50.3 Å². The third kappa shape index (κ3) is 4.80. The first-order valence-corrected chi connectivity index (χ1v) is 12.2. The molecule has 1 aromatic heterocycles. The van der Waals surface area contributed by atoms with E-state index >= 15 is 0 Å². The van der Waals surface area contributed by atoms with E-state index in [2.05, 4.69) is 4.99 Å². The molecule has 4 rings (SSSR count). The molecule has 38 heavy (non-hydrogen) atoms. The van der Waals surface area contributed by atoms with Crippen LogP contribution >= 0.6 is 11.3 Å². The molecular formula is C27H26N2O8S. The van der Waals surface area contributed by atoms with Crippen LogP contribution < -0.4 is 33.8 Å². The quantitative estimate of drug-likeness (QED) is 0.333. The largest absolute Gasteiger partial charge is 0.493 e. The molecule has 0 amide bonds. The first-order valence-electron chi connectivity index (χ1n) is 11.4. The first-order chi connectivity index (χ1) is 18.2. The van der Waals surface area contributed by atoms with Crippen molar-refractivity contribution in [2.45, 2.75) is 19.9 Å². The Bertz CT molecular complexity index is 1630. The molecule has 0 spiro atoms. The summed E-state index contributed by atoms with van der Waals surface area (Å²) in [5.41, 5.74) is 1.44. The smallest absolute Gasteiger partial charge is 0.338 e. The predicted octanol–water partition coefficient (Wildman–Crippen LogP) is 2.36. The lowest BCUT2D eigenvalue weighted by molar-refractivity contribution is -0.136. The van der Waals surface area contributed by atoms with E-state index in [0.29, 0.717) is 37.7 Å². The summed E-state index contributed by atoms with van der Waals surface area (Å²) in [4.78, 5) is 43.2. The number of ether oxygens (including phenoxy) is 5. The molecule has 10 nitrogen and oxygen atoms in total. The molecule has 0 fully saturated rings. The maximum atomic E-state index is 13.8. The summed E-state index contributed by atoms with van der Waals surface area (Å²) in [6.07, 6.45) is 1.70. The van der Waals surface area contributed by atoms with E-state index in [1.54, 1.807) is 49.4 Å². The summed E-state index contributed by atoms with van der Waals surface area (Å²) in [5, 5.41) is 0. The van der Waals surface area contributed by atoms with Gasteiger partial charge < -0.3 is 23.7 Å². The lowest BCUT2D eigenvalue weighted by atomic mass is 9.95. The molecule has 0 aliphatic carbocycles. The molecule has 1 aliphatic heterocycles. The summed E-state index contributed by atoms with van der Waals surface area (Å²) in [6.45, 7) is 2.97. The van der Waals surface area contributed by atoms with Crippen LogP contribution in [0, 0.1) is 0 Å². The van der Waals surface area contributed by atoms with Gasteiger partial charge in [-0.3, -0.25) is 14.2 Å². The van der Waals surface area contributed by atoms with E-state index in [4.69, 9.17) is 23.7 Å². The van der Waals surface area contributed by atoms with Gasteiger partial charge in [-0.1, -0.05) is 29.5 Å². The molecule has 11 heteroatoms. The topological polar surface area (TPSA) is 115 Å². The lowest BCUT2D eigenvalue weighted by Gasteiger charge is -2.25. The SMILES string of the molecule is COC(=O)C1=C(C)N=c2s/c(=C\c3cccc(OC)c3OC)c(=O)n2C1c1ccc(OC(C)=O)c(OC)c1. The van der Waals surface area contributed by atoms with Gasteiger partial charge in [-0.15, -0.1) is 0 Å². The van der Waals surface area contributed by atoms with E-state index in [-0.39, 0.29) is 22.6 Å². The van der Waals surface area contributed by atoms with Gasteiger partial charge in [0.1, 0.15) is 0 Å². The Kier molecular flexibility index (Phi) is 7.67. The van der Waals surface area contributed by atoms with E-state index in [9.17, 15) is 14.4 Å². The number of esters is 2. The Morgan fingerprint density at radius 1 is 1.00 bits per heavy atom. The minimum atomic E-state index is -0.867. The summed E-state index contributed by atoms with van der Waals surface area (Å²) in [5.74, 6) is 0.345. The highest BCUT2D eigenvalue weighted by Gasteiger charge is 2.33. The molecule has 0 bridgehead atoms. The van der Waals surface area contributed by atoms with Crippen molar-refractivity contribution >= 4 is 29.4 Å². The van der Waals surface area contributed by atoms with Crippen molar-refractivity contribution in [2.24, 2.45) is 4.99 Å². The van der Waals surface area contributed by atoms with Crippen LogP contribution in [0.5, 0.6) is 23.0 Å². The minimum Gasteiger partial charge on any atom is -0.493 e. The standard InChI is InChI=1S/C27H26N2O8S/c1-14-22(26(32)36-6)23(16-10-11-18(37-15(2)30)20(12-16)34-4)29-25(31)21(38-27(29)28-14)13-17-8-7-9-19(33-3)24(17)35-5/h7-13,23H,1-6H3/b21-13-. The van der Waals surface area contributed by atoms with Crippen LogP contribution in [0.4, 0.5) is 0 Å². The van der Waals surface area contributed by atoms with Crippen molar-refractivity contribution in [3.63, 3.8) is 0 Å². The Morgan fingerprint density at radius 2 is 1.74 bits per heavy atom. The summed E-state index contributed by atoms with van der Waals surface area (Å²) >= 11 is 1.18. The number of rotatable bonds is 7. The summed E-state index contributed by atoms with van der Waals surface area (Å²) < 4.78 is 28.4.